The molecule has 4 heteroatoms. The van der Waals surface area contributed by atoms with Crippen molar-refractivity contribution in [2.24, 2.45) is 0 Å². The summed E-state index contributed by atoms with van der Waals surface area (Å²) in [6, 6.07) is 3.99. The van der Waals surface area contributed by atoms with Crippen LogP contribution in [0.5, 0.6) is 0 Å². The van der Waals surface area contributed by atoms with E-state index in [0.717, 1.165) is 10.5 Å². The molecule has 1 aromatic rings. The number of rotatable bonds is 4. The lowest BCUT2D eigenvalue weighted by molar-refractivity contribution is -0.138. The Kier molecular flexibility index (Phi) is 3.87. The quantitative estimate of drug-likeness (QED) is 0.782. The lowest BCUT2D eigenvalue weighted by atomic mass is 10.0. The highest BCUT2D eigenvalue weighted by molar-refractivity contribution is 7.11. The third kappa shape index (κ3) is 2.48. The zero-order valence-electron chi connectivity index (χ0n) is 10.6. The van der Waals surface area contributed by atoms with E-state index >= 15 is 0 Å². The van der Waals surface area contributed by atoms with Crippen molar-refractivity contribution in [3.05, 3.63) is 40.3 Å². The van der Waals surface area contributed by atoms with E-state index < -0.39 is 0 Å². The van der Waals surface area contributed by atoms with E-state index in [1.54, 1.807) is 25.2 Å². The number of thiophene rings is 1. The fourth-order valence-electron chi connectivity index (χ4n) is 1.91. The summed E-state index contributed by atoms with van der Waals surface area (Å²) in [5.74, 6) is 0.368. The van der Waals surface area contributed by atoms with Crippen molar-refractivity contribution in [1.29, 1.82) is 0 Å². The number of carbonyl (C=O) groups excluding carboxylic acids is 1. The van der Waals surface area contributed by atoms with Crippen molar-refractivity contribution in [2.45, 2.75) is 26.4 Å². The fourth-order valence-corrected chi connectivity index (χ4v) is 2.66. The first-order chi connectivity index (χ1) is 8.63. The van der Waals surface area contributed by atoms with Crippen molar-refractivity contribution in [2.75, 3.05) is 6.61 Å². The molecule has 0 aliphatic carbocycles. The van der Waals surface area contributed by atoms with Gasteiger partial charge in [0, 0.05) is 16.9 Å². The highest BCUT2D eigenvalue weighted by Crippen LogP contribution is 2.34. The predicted molar refractivity (Wildman–Crippen MR) is 72.2 cm³/mol. The second kappa shape index (κ2) is 5.40. The Labute approximate surface area is 111 Å². The largest absolute Gasteiger partial charge is 0.489 e. The molecule has 0 fully saturated rings. The Morgan fingerprint density at radius 1 is 1.67 bits per heavy atom. The zero-order valence-corrected chi connectivity index (χ0v) is 11.4. The van der Waals surface area contributed by atoms with Crippen LogP contribution in [0.1, 0.15) is 25.1 Å². The lowest BCUT2D eigenvalue weighted by Gasteiger charge is -2.13. The van der Waals surface area contributed by atoms with Gasteiger partial charge in [0.25, 0.3) is 0 Å². The molecule has 0 spiro atoms. The van der Waals surface area contributed by atoms with Gasteiger partial charge in [-0.1, -0.05) is 12.6 Å². The second-order valence-corrected chi connectivity index (χ2v) is 5.02. The standard InChI is InChI=1S/C14H16O3S/c1-4-16-14(15)11-8-12(17-10(11)3)9(2)13-6-5-7-18-13/h5-7,12H,2,4,8H2,1,3H3. The molecule has 1 aromatic heterocycles. The molecule has 0 radical (unpaired) electrons. The lowest BCUT2D eigenvalue weighted by Crippen LogP contribution is -2.11. The van der Waals surface area contributed by atoms with E-state index in [1.165, 1.54) is 0 Å². The first kappa shape index (κ1) is 12.9. The van der Waals surface area contributed by atoms with Crippen LogP contribution in [0.15, 0.2) is 35.4 Å². The summed E-state index contributed by atoms with van der Waals surface area (Å²) in [5.41, 5.74) is 1.54. The molecule has 1 aliphatic heterocycles. The van der Waals surface area contributed by atoms with Crippen molar-refractivity contribution >= 4 is 22.9 Å². The number of carbonyl (C=O) groups is 1. The number of esters is 1. The first-order valence-electron chi connectivity index (χ1n) is 5.89. The molecule has 1 unspecified atom stereocenters. The minimum absolute atomic E-state index is 0.150. The van der Waals surface area contributed by atoms with Crippen LogP contribution in [0.3, 0.4) is 0 Å². The summed E-state index contributed by atoms with van der Waals surface area (Å²) < 4.78 is 10.7. The Bertz CT molecular complexity index is 485. The van der Waals surface area contributed by atoms with Gasteiger partial charge in [-0.05, 0) is 25.3 Å². The van der Waals surface area contributed by atoms with Crippen LogP contribution < -0.4 is 0 Å². The van der Waals surface area contributed by atoms with Crippen LogP contribution in [0.4, 0.5) is 0 Å². The molecule has 0 bridgehead atoms. The molecule has 0 saturated carbocycles. The molecule has 0 N–H and O–H groups in total. The van der Waals surface area contributed by atoms with E-state index in [9.17, 15) is 4.79 Å². The number of hydrogen-bond donors (Lipinski definition) is 0. The number of allylic oxidation sites excluding steroid dienone is 1. The Morgan fingerprint density at radius 3 is 3.06 bits per heavy atom. The molecule has 96 valence electrons. The summed E-state index contributed by atoms with van der Waals surface area (Å²) in [5, 5.41) is 2.00. The summed E-state index contributed by atoms with van der Waals surface area (Å²) in [4.78, 5) is 12.8. The summed E-state index contributed by atoms with van der Waals surface area (Å²) in [6.07, 6.45) is 0.393. The van der Waals surface area contributed by atoms with Gasteiger partial charge in [-0.3, -0.25) is 0 Å². The van der Waals surface area contributed by atoms with E-state index in [1.807, 2.05) is 17.5 Å². The van der Waals surface area contributed by atoms with Gasteiger partial charge in [0.1, 0.15) is 11.9 Å². The molecule has 2 heterocycles. The van der Waals surface area contributed by atoms with Gasteiger partial charge in [0.2, 0.25) is 0 Å². The van der Waals surface area contributed by atoms with E-state index in [4.69, 9.17) is 9.47 Å². The fraction of sp³-hybridized carbons (Fsp3) is 0.357. The molecule has 0 saturated heterocycles. The average molecular weight is 264 g/mol. The average Bonchev–Trinajstić information content (AvgIpc) is 2.97. The highest BCUT2D eigenvalue weighted by Gasteiger charge is 2.31. The van der Waals surface area contributed by atoms with Gasteiger partial charge in [-0.25, -0.2) is 4.79 Å². The Morgan fingerprint density at radius 2 is 2.44 bits per heavy atom. The highest BCUT2D eigenvalue weighted by atomic mass is 32.1. The summed E-state index contributed by atoms with van der Waals surface area (Å²) in [7, 11) is 0. The van der Waals surface area contributed by atoms with Crippen molar-refractivity contribution in [3.8, 4) is 0 Å². The molecule has 3 nitrogen and oxygen atoms in total. The van der Waals surface area contributed by atoms with Crippen LogP contribution >= 0.6 is 11.3 Å². The van der Waals surface area contributed by atoms with Crippen LogP contribution in [-0.2, 0) is 14.3 Å². The molecule has 1 aliphatic rings. The molecule has 2 rings (SSSR count). The normalized spacial score (nSPS) is 18.7. The van der Waals surface area contributed by atoms with Crippen LogP contribution in [0.25, 0.3) is 5.57 Å². The first-order valence-corrected chi connectivity index (χ1v) is 6.77. The molecular weight excluding hydrogens is 248 g/mol. The number of hydrogen-bond acceptors (Lipinski definition) is 4. The van der Waals surface area contributed by atoms with Crippen LogP contribution in [0, 0.1) is 0 Å². The smallest absolute Gasteiger partial charge is 0.337 e. The summed E-state index contributed by atoms with van der Waals surface area (Å²) in [6.45, 7) is 8.04. The number of ether oxygens (including phenoxy) is 2. The van der Waals surface area contributed by atoms with Crippen LogP contribution in [0.2, 0.25) is 0 Å². The minimum atomic E-state index is -0.281. The van der Waals surface area contributed by atoms with Crippen molar-refractivity contribution in [3.63, 3.8) is 0 Å². The van der Waals surface area contributed by atoms with E-state index in [-0.39, 0.29) is 12.1 Å². The third-order valence-corrected chi connectivity index (χ3v) is 3.83. The predicted octanol–water partition coefficient (Wildman–Crippen LogP) is 3.39. The molecule has 0 amide bonds. The van der Waals surface area contributed by atoms with Gasteiger partial charge in [0.15, 0.2) is 0 Å². The summed E-state index contributed by atoms with van der Waals surface area (Å²) >= 11 is 1.62. The van der Waals surface area contributed by atoms with Gasteiger partial charge in [-0.2, -0.15) is 0 Å². The van der Waals surface area contributed by atoms with E-state index in [2.05, 4.69) is 6.58 Å². The third-order valence-electron chi connectivity index (χ3n) is 2.88. The van der Waals surface area contributed by atoms with Gasteiger partial charge in [-0.15, -0.1) is 11.3 Å². The van der Waals surface area contributed by atoms with Gasteiger partial charge < -0.3 is 9.47 Å². The molecule has 18 heavy (non-hydrogen) atoms. The molecular formula is C14H16O3S. The topological polar surface area (TPSA) is 35.5 Å². The molecule has 1 atom stereocenters. The van der Waals surface area contributed by atoms with Crippen LogP contribution in [-0.4, -0.2) is 18.7 Å². The van der Waals surface area contributed by atoms with Crippen molar-refractivity contribution < 1.29 is 14.3 Å². The SMILES string of the molecule is C=C(c1cccs1)C1CC(C(=O)OCC)=C(C)O1. The van der Waals surface area contributed by atoms with Crippen molar-refractivity contribution in [1.82, 2.24) is 0 Å². The Balaban J connectivity index is 2.06. The Hall–Kier alpha value is -1.55. The zero-order chi connectivity index (χ0) is 13.1. The second-order valence-electron chi connectivity index (χ2n) is 4.07. The molecule has 0 aromatic carbocycles. The van der Waals surface area contributed by atoms with E-state index in [0.29, 0.717) is 24.4 Å². The van der Waals surface area contributed by atoms with Gasteiger partial charge >= 0.3 is 5.97 Å². The van der Waals surface area contributed by atoms with Gasteiger partial charge in [0.05, 0.1) is 12.2 Å². The monoisotopic (exact) mass is 264 g/mol. The maximum atomic E-state index is 11.7. The maximum absolute atomic E-state index is 11.7. The minimum Gasteiger partial charge on any atom is -0.489 e. The maximum Gasteiger partial charge on any atom is 0.337 e.